The number of nitrogens with zero attached hydrogens (tertiary/aromatic N) is 2. The zero-order chi connectivity index (χ0) is 13.9. The first-order valence-electron chi connectivity index (χ1n) is 6.79. The average molecular weight is 275 g/mol. The van der Waals surface area contributed by atoms with Crippen molar-refractivity contribution in [2.45, 2.75) is 38.1 Å². The molecule has 3 rings (SSSR count). The van der Waals surface area contributed by atoms with Gasteiger partial charge >= 0.3 is 0 Å². The maximum absolute atomic E-state index is 12.1. The van der Waals surface area contributed by atoms with Crippen LogP contribution in [0.5, 0.6) is 0 Å². The Morgan fingerprint density at radius 1 is 1.40 bits per heavy atom. The Kier molecular flexibility index (Phi) is 3.41. The summed E-state index contributed by atoms with van der Waals surface area (Å²) in [4.78, 5) is 22.9. The number of H-pyrrole nitrogens is 1. The van der Waals surface area contributed by atoms with Crippen molar-refractivity contribution in [1.29, 1.82) is 0 Å². The lowest BCUT2D eigenvalue weighted by Gasteiger charge is -2.22. The van der Waals surface area contributed by atoms with E-state index in [1.165, 1.54) is 31.9 Å². The number of nitrogens with two attached hydrogens (primary N) is 1. The number of rotatable bonds is 3. The second-order valence-corrected chi connectivity index (χ2v) is 5.01. The van der Waals surface area contributed by atoms with Gasteiger partial charge in [0, 0.05) is 6.04 Å². The van der Waals surface area contributed by atoms with Gasteiger partial charge in [-0.1, -0.05) is 19.3 Å². The van der Waals surface area contributed by atoms with Crippen LogP contribution in [0.25, 0.3) is 11.6 Å². The predicted octanol–water partition coefficient (Wildman–Crippen LogP) is 1.71. The summed E-state index contributed by atoms with van der Waals surface area (Å²) >= 11 is 0. The summed E-state index contributed by atoms with van der Waals surface area (Å²) < 4.78 is 5.28. The molecule has 0 saturated heterocycles. The van der Waals surface area contributed by atoms with Gasteiger partial charge in [0.25, 0.3) is 5.91 Å². The Morgan fingerprint density at radius 2 is 2.20 bits per heavy atom. The Balaban J connectivity index is 1.70. The Morgan fingerprint density at radius 3 is 2.90 bits per heavy atom. The Bertz CT molecular complexity index is 597. The van der Waals surface area contributed by atoms with E-state index in [-0.39, 0.29) is 23.5 Å². The molecule has 2 aromatic rings. The molecule has 0 bridgehead atoms. The Labute approximate surface area is 116 Å². The number of anilines is 1. The van der Waals surface area contributed by atoms with Crippen molar-refractivity contribution in [3.05, 3.63) is 18.3 Å². The van der Waals surface area contributed by atoms with Crippen LogP contribution < -0.4 is 11.1 Å². The fraction of sp³-hybridized carbons (Fsp3) is 0.462. The van der Waals surface area contributed by atoms with Crippen LogP contribution in [0.4, 0.5) is 5.82 Å². The molecule has 0 aromatic carbocycles. The Hall–Kier alpha value is -2.31. The van der Waals surface area contributed by atoms with Crippen LogP contribution in [0.3, 0.4) is 0 Å². The maximum Gasteiger partial charge on any atom is 0.273 e. The summed E-state index contributed by atoms with van der Waals surface area (Å²) in [7, 11) is 0. The quantitative estimate of drug-likeness (QED) is 0.789. The van der Waals surface area contributed by atoms with Gasteiger partial charge in [0.1, 0.15) is 12.0 Å². The van der Waals surface area contributed by atoms with Gasteiger partial charge < -0.3 is 20.5 Å². The topological polar surface area (TPSA) is 110 Å². The number of aromatic amines is 1. The number of hydrogen-bond donors (Lipinski definition) is 3. The molecule has 0 unspecified atom stereocenters. The highest BCUT2D eigenvalue weighted by atomic mass is 16.3. The third-order valence-corrected chi connectivity index (χ3v) is 3.56. The van der Waals surface area contributed by atoms with Gasteiger partial charge in [-0.3, -0.25) is 4.79 Å². The number of carbonyl (C=O) groups is 1. The van der Waals surface area contributed by atoms with Gasteiger partial charge in [0.2, 0.25) is 5.89 Å². The first-order valence-corrected chi connectivity index (χ1v) is 6.79. The lowest BCUT2D eigenvalue weighted by molar-refractivity contribution is 0.0922. The average Bonchev–Trinajstić information content (AvgIpc) is 3.08. The monoisotopic (exact) mass is 275 g/mol. The highest BCUT2D eigenvalue weighted by Gasteiger charge is 2.20. The second-order valence-electron chi connectivity index (χ2n) is 5.01. The molecular formula is C13H17N5O2. The van der Waals surface area contributed by atoms with Crippen molar-refractivity contribution in [3.8, 4) is 11.6 Å². The molecule has 1 saturated carbocycles. The van der Waals surface area contributed by atoms with E-state index in [2.05, 4.69) is 20.3 Å². The van der Waals surface area contributed by atoms with Gasteiger partial charge in [0.15, 0.2) is 11.5 Å². The largest absolute Gasteiger partial charge is 0.442 e. The summed E-state index contributed by atoms with van der Waals surface area (Å²) in [6.07, 6.45) is 8.44. The third kappa shape index (κ3) is 2.52. The molecule has 106 valence electrons. The first kappa shape index (κ1) is 12.7. The summed E-state index contributed by atoms with van der Waals surface area (Å²) in [5.74, 6) is 0.366. The van der Waals surface area contributed by atoms with Gasteiger partial charge in [-0.15, -0.1) is 0 Å². The van der Waals surface area contributed by atoms with E-state index in [1.807, 2.05) is 0 Å². The highest BCUT2D eigenvalue weighted by molar-refractivity contribution is 5.92. The summed E-state index contributed by atoms with van der Waals surface area (Å²) in [6, 6.07) is 0.244. The molecule has 2 heterocycles. The van der Waals surface area contributed by atoms with E-state index < -0.39 is 0 Å². The predicted molar refractivity (Wildman–Crippen MR) is 72.8 cm³/mol. The first-order chi connectivity index (χ1) is 9.74. The second kappa shape index (κ2) is 5.36. The molecule has 4 N–H and O–H groups in total. The number of imidazole rings is 1. The number of carbonyl (C=O) groups excluding carboxylic acids is 1. The minimum Gasteiger partial charge on any atom is -0.442 e. The van der Waals surface area contributed by atoms with E-state index >= 15 is 0 Å². The van der Waals surface area contributed by atoms with Crippen LogP contribution in [-0.2, 0) is 0 Å². The van der Waals surface area contributed by atoms with E-state index in [1.54, 1.807) is 0 Å². The van der Waals surface area contributed by atoms with Crippen molar-refractivity contribution in [1.82, 2.24) is 20.3 Å². The summed E-state index contributed by atoms with van der Waals surface area (Å²) in [5.41, 5.74) is 6.42. The van der Waals surface area contributed by atoms with E-state index in [0.29, 0.717) is 11.5 Å². The van der Waals surface area contributed by atoms with Gasteiger partial charge in [-0.05, 0) is 12.8 Å². The third-order valence-electron chi connectivity index (χ3n) is 3.56. The van der Waals surface area contributed by atoms with Crippen LogP contribution in [0, 0.1) is 0 Å². The molecule has 7 heteroatoms. The zero-order valence-corrected chi connectivity index (χ0v) is 11.1. The fourth-order valence-electron chi connectivity index (χ4n) is 2.48. The molecule has 0 aliphatic heterocycles. The van der Waals surface area contributed by atoms with Gasteiger partial charge in [0.05, 0.1) is 6.33 Å². The number of aromatic nitrogens is 3. The lowest BCUT2D eigenvalue weighted by atomic mass is 9.95. The van der Waals surface area contributed by atoms with Crippen LogP contribution in [0.2, 0.25) is 0 Å². The number of oxazole rings is 1. The minimum atomic E-state index is -0.204. The summed E-state index contributed by atoms with van der Waals surface area (Å²) in [5, 5.41) is 2.99. The smallest absolute Gasteiger partial charge is 0.273 e. The zero-order valence-electron chi connectivity index (χ0n) is 11.1. The molecular weight excluding hydrogens is 258 g/mol. The summed E-state index contributed by atoms with van der Waals surface area (Å²) in [6.45, 7) is 0. The molecule has 1 amide bonds. The van der Waals surface area contributed by atoms with Crippen LogP contribution >= 0.6 is 0 Å². The lowest BCUT2D eigenvalue weighted by Crippen LogP contribution is -2.36. The molecule has 0 radical (unpaired) electrons. The number of amides is 1. The highest BCUT2D eigenvalue weighted by Crippen LogP contribution is 2.21. The van der Waals surface area contributed by atoms with Crippen LogP contribution in [0.1, 0.15) is 42.6 Å². The van der Waals surface area contributed by atoms with Gasteiger partial charge in [-0.25, -0.2) is 9.97 Å². The van der Waals surface area contributed by atoms with Crippen LogP contribution in [0.15, 0.2) is 17.0 Å². The molecule has 2 aromatic heterocycles. The van der Waals surface area contributed by atoms with Crippen molar-refractivity contribution in [2.24, 2.45) is 0 Å². The SMILES string of the molecule is Nc1nc[nH]c1-c1nc(C(=O)NC2CCCCC2)co1. The minimum absolute atomic E-state index is 0.204. The van der Waals surface area contributed by atoms with Gasteiger partial charge in [-0.2, -0.15) is 0 Å². The molecule has 1 aliphatic carbocycles. The van der Waals surface area contributed by atoms with Crippen molar-refractivity contribution >= 4 is 11.7 Å². The number of hydrogen-bond acceptors (Lipinski definition) is 5. The van der Waals surface area contributed by atoms with Crippen LogP contribution in [-0.4, -0.2) is 26.9 Å². The normalized spacial score (nSPS) is 16.2. The standard InChI is InChI=1S/C13H17N5O2/c14-11-10(15-7-16-11)13-18-9(6-20-13)12(19)17-8-4-2-1-3-5-8/h6-8H,1-5,14H2,(H,15,16)(H,17,19). The van der Waals surface area contributed by atoms with E-state index in [0.717, 1.165) is 12.8 Å². The molecule has 0 atom stereocenters. The van der Waals surface area contributed by atoms with E-state index in [4.69, 9.17) is 10.2 Å². The molecule has 1 fully saturated rings. The number of nitrogen functional groups attached to an aromatic ring is 1. The maximum atomic E-state index is 12.1. The molecule has 0 spiro atoms. The van der Waals surface area contributed by atoms with Crippen molar-refractivity contribution < 1.29 is 9.21 Å². The molecule has 20 heavy (non-hydrogen) atoms. The molecule has 1 aliphatic rings. The number of nitrogens with one attached hydrogen (secondary N) is 2. The molecule has 7 nitrogen and oxygen atoms in total. The van der Waals surface area contributed by atoms with E-state index in [9.17, 15) is 4.79 Å². The fourth-order valence-corrected chi connectivity index (χ4v) is 2.48. The van der Waals surface area contributed by atoms with Crippen molar-refractivity contribution in [3.63, 3.8) is 0 Å². The van der Waals surface area contributed by atoms with Crippen molar-refractivity contribution in [2.75, 3.05) is 5.73 Å².